The lowest BCUT2D eigenvalue weighted by atomic mass is 10.0. The van der Waals surface area contributed by atoms with Crippen LogP contribution in [0.25, 0.3) is 10.8 Å². The minimum absolute atomic E-state index is 0.0131. The van der Waals surface area contributed by atoms with Crippen molar-refractivity contribution < 1.29 is 13.2 Å². The number of hydrogen-bond donors (Lipinski definition) is 0. The molecule has 0 aliphatic heterocycles. The molecule has 2 rings (SSSR count). The zero-order valence-electron chi connectivity index (χ0n) is 12.2. The van der Waals surface area contributed by atoms with E-state index in [4.69, 9.17) is 16.3 Å². The summed E-state index contributed by atoms with van der Waals surface area (Å²) in [6, 6.07) is 11.7. The van der Waals surface area contributed by atoms with Crippen molar-refractivity contribution in [3.05, 3.63) is 42.0 Å². The van der Waals surface area contributed by atoms with Gasteiger partial charge in [-0.1, -0.05) is 30.3 Å². The predicted octanol–water partition coefficient (Wildman–Crippen LogP) is 3.78. The molecule has 0 saturated carbocycles. The molecule has 0 N–H and O–H groups in total. The van der Waals surface area contributed by atoms with Crippen molar-refractivity contribution in [2.75, 3.05) is 12.4 Å². The minimum Gasteiger partial charge on any atom is -0.492 e. The summed E-state index contributed by atoms with van der Waals surface area (Å²) in [4.78, 5) is 0. The Morgan fingerprint density at radius 1 is 1.14 bits per heavy atom. The minimum atomic E-state index is -3.09. The second kappa shape index (κ2) is 6.67. The van der Waals surface area contributed by atoms with E-state index in [0.717, 1.165) is 16.3 Å². The van der Waals surface area contributed by atoms with Crippen LogP contribution in [0, 0.1) is 0 Å². The molecule has 5 heteroatoms. The number of benzene rings is 2. The molecule has 3 nitrogen and oxygen atoms in total. The Hall–Kier alpha value is -1.26. The highest BCUT2D eigenvalue weighted by Crippen LogP contribution is 2.29. The van der Waals surface area contributed by atoms with Crippen LogP contribution < -0.4 is 4.74 Å². The molecule has 0 bridgehead atoms. The van der Waals surface area contributed by atoms with E-state index in [1.54, 1.807) is 13.8 Å². The Morgan fingerprint density at radius 2 is 1.86 bits per heavy atom. The quantitative estimate of drug-likeness (QED) is 0.759. The maximum Gasteiger partial charge on any atom is 0.155 e. The monoisotopic (exact) mass is 326 g/mol. The van der Waals surface area contributed by atoms with E-state index in [9.17, 15) is 8.42 Å². The van der Waals surface area contributed by atoms with Gasteiger partial charge in [0.2, 0.25) is 0 Å². The van der Waals surface area contributed by atoms with Gasteiger partial charge in [0.25, 0.3) is 0 Å². The van der Waals surface area contributed by atoms with Crippen molar-refractivity contribution in [2.24, 2.45) is 0 Å². The van der Waals surface area contributed by atoms with Crippen molar-refractivity contribution in [2.45, 2.75) is 25.0 Å². The maximum absolute atomic E-state index is 11.8. The van der Waals surface area contributed by atoms with Crippen LogP contribution >= 0.6 is 11.6 Å². The third kappa shape index (κ3) is 3.69. The molecule has 0 atom stereocenters. The number of alkyl halides is 1. The smallest absolute Gasteiger partial charge is 0.155 e. The highest BCUT2D eigenvalue weighted by atomic mass is 35.5. The van der Waals surface area contributed by atoms with Crippen LogP contribution in [0.4, 0.5) is 0 Å². The fourth-order valence-corrected chi connectivity index (χ4v) is 3.16. The third-order valence-corrected chi connectivity index (χ3v) is 5.91. The first-order valence-corrected chi connectivity index (χ1v) is 9.11. The number of ether oxygens (including phenoxy) is 1. The van der Waals surface area contributed by atoms with Gasteiger partial charge in [0, 0.05) is 5.56 Å². The highest BCUT2D eigenvalue weighted by Gasteiger charge is 2.16. The van der Waals surface area contributed by atoms with E-state index in [-0.39, 0.29) is 17.6 Å². The molecule has 21 heavy (non-hydrogen) atoms. The van der Waals surface area contributed by atoms with Crippen LogP contribution in [0.2, 0.25) is 0 Å². The topological polar surface area (TPSA) is 43.4 Å². The lowest BCUT2D eigenvalue weighted by molar-refractivity contribution is 0.338. The molecular weight excluding hydrogens is 308 g/mol. The molecule has 114 valence electrons. The Bertz CT molecular complexity index is 723. The van der Waals surface area contributed by atoms with E-state index in [1.165, 1.54) is 0 Å². The van der Waals surface area contributed by atoms with Crippen LogP contribution in [-0.2, 0) is 15.7 Å². The van der Waals surface area contributed by atoms with Crippen LogP contribution in [-0.4, -0.2) is 26.0 Å². The molecule has 0 saturated heterocycles. The summed E-state index contributed by atoms with van der Waals surface area (Å²) in [5.41, 5.74) is 0.900. The second-order valence-electron chi connectivity index (χ2n) is 5.16. The largest absolute Gasteiger partial charge is 0.492 e. The number of hydrogen-bond acceptors (Lipinski definition) is 3. The Balaban J connectivity index is 2.19. The maximum atomic E-state index is 11.8. The van der Waals surface area contributed by atoms with Gasteiger partial charge >= 0.3 is 0 Å². The van der Waals surface area contributed by atoms with Gasteiger partial charge in [-0.15, -0.1) is 11.6 Å². The Labute approximate surface area is 130 Å². The normalized spacial score (nSPS) is 12.0. The first-order chi connectivity index (χ1) is 9.95. The number of rotatable bonds is 6. The number of halogens is 1. The van der Waals surface area contributed by atoms with Crippen molar-refractivity contribution >= 4 is 32.2 Å². The molecule has 2 aromatic carbocycles. The van der Waals surface area contributed by atoms with Crippen LogP contribution in [0.15, 0.2) is 36.4 Å². The summed E-state index contributed by atoms with van der Waals surface area (Å²) < 4.78 is 29.2. The molecule has 0 aliphatic rings. The van der Waals surface area contributed by atoms with Crippen molar-refractivity contribution in [1.82, 2.24) is 0 Å². The first-order valence-electron chi connectivity index (χ1n) is 6.86. The van der Waals surface area contributed by atoms with Gasteiger partial charge < -0.3 is 4.74 Å². The average molecular weight is 327 g/mol. The van der Waals surface area contributed by atoms with Gasteiger partial charge in [-0.3, -0.25) is 0 Å². The molecular formula is C16H19ClO3S. The fourth-order valence-electron chi connectivity index (χ4n) is 2.09. The van der Waals surface area contributed by atoms with Gasteiger partial charge in [-0.05, 0) is 30.7 Å². The van der Waals surface area contributed by atoms with E-state index in [0.29, 0.717) is 11.6 Å². The van der Waals surface area contributed by atoms with E-state index < -0.39 is 9.84 Å². The molecule has 0 radical (unpaired) electrons. The van der Waals surface area contributed by atoms with Crippen LogP contribution in [0.5, 0.6) is 5.75 Å². The zero-order chi connectivity index (χ0) is 15.5. The number of sulfone groups is 1. The van der Waals surface area contributed by atoms with Gasteiger partial charge in [0.1, 0.15) is 12.4 Å². The lowest BCUT2D eigenvalue weighted by Gasteiger charge is -2.13. The first kappa shape index (κ1) is 16.1. The zero-order valence-corrected chi connectivity index (χ0v) is 13.7. The van der Waals surface area contributed by atoms with Crippen LogP contribution in [0.1, 0.15) is 19.4 Å². The van der Waals surface area contributed by atoms with Gasteiger partial charge in [0.05, 0.1) is 16.9 Å². The standard InChI is InChI=1S/C16H19ClO3S/c1-12(2)21(18,19)10-9-20-16-8-7-13-5-3-4-6-14(13)15(16)11-17/h3-8,12H,9-11H2,1-2H3. The molecule has 0 aromatic heterocycles. The summed E-state index contributed by atoms with van der Waals surface area (Å²) in [6.07, 6.45) is 0. The van der Waals surface area contributed by atoms with Crippen molar-refractivity contribution in [1.29, 1.82) is 0 Å². The second-order valence-corrected chi connectivity index (χ2v) is 8.11. The van der Waals surface area contributed by atoms with Crippen LogP contribution in [0.3, 0.4) is 0 Å². The fraction of sp³-hybridized carbons (Fsp3) is 0.375. The molecule has 0 aliphatic carbocycles. The van der Waals surface area contributed by atoms with E-state index in [2.05, 4.69) is 0 Å². The van der Waals surface area contributed by atoms with E-state index in [1.807, 2.05) is 36.4 Å². The molecule has 0 heterocycles. The van der Waals surface area contributed by atoms with Crippen molar-refractivity contribution in [3.63, 3.8) is 0 Å². The van der Waals surface area contributed by atoms with Gasteiger partial charge in [0.15, 0.2) is 9.84 Å². The molecule has 0 unspecified atom stereocenters. The lowest BCUT2D eigenvalue weighted by Crippen LogP contribution is -2.22. The van der Waals surface area contributed by atoms with Gasteiger partial charge in [-0.2, -0.15) is 0 Å². The highest BCUT2D eigenvalue weighted by molar-refractivity contribution is 7.91. The number of fused-ring (bicyclic) bond motifs is 1. The molecule has 0 amide bonds. The van der Waals surface area contributed by atoms with E-state index >= 15 is 0 Å². The summed E-state index contributed by atoms with van der Waals surface area (Å²) in [5.74, 6) is 0.995. The Morgan fingerprint density at radius 3 is 2.52 bits per heavy atom. The molecule has 2 aromatic rings. The predicted molar refractivity (Wildman–Crippen MR) is 87.9 cm³/mol. The van der Waals surface area contributed by atoms with Crippen molar-refractivity contribution in [3.8, 4) is 5.75 Å². The SMILES string of the molecule is CC(C)S(=O)(=O)CCOc1ccc2ccccc2c1CCl. The molecule has 0 spiro atoms. The average Bonchev–Trinajstić information content (AvgIpc) is 2.46. The summed E-state index contributed by atoms with van der Waals surface area (Å²) in [7, 11) is -3.09. The summed E-state index contributed by atoms with van der Waals surface area (Å²) in [6.45, 7) is 3.49. The Kier molecular flexibility index (Phi) is 5.12. The summed E-state index contributed by atoms with van der Waals surface area (Å²) in [5, 5.41) is 1.75. The summed E-state index contributed by atoms with van der Waals surface area (Å²) >= 11 is 6.03. The van der Waals surface area contributed by atoms with Gasteiger partial charge in [-0.25, -0.2) is 8.42 Å². The third-order valence-electron chi connectivity index (χ3n) is 3.47. The molecule has 0 fully saturated rings.